The maximum Gasteiger partial charge on any atom is 0.0667 e. The van der Waals surface area contributed by atoms with Crippen LogP contribution in [0.2, 0.25) is 0 Å². The minimum absolute atomic E-state index is 0.234. The second-order valence-electron chi connectivity index (χ2n) is 5.12. The first kappa shape index (κ1) is 12.5. The fourth-order valence-corrected chi connectivity index (χ4v) is 3.83. The van der Waals surface area contributed by atoms with Gasteiger partial charge < -0.3 is 0 Å². The summed E-state index contributed by atoms with van der Waals surface area (Å²) in [5, 5.41) is 9.68. The van der Waals surface area contributed by atoms with E-state index < -0.39 is 0 Å². The molecule has 0 amide bonds. The number of rotatable bonds is 2. The molecule has 1 aromatic rings. The van der Waals surface area contributed by atoms with Crippen molar-refractivity contribution >= 4 is 11.8 Å². The van der Waals surface area contributed by atoms with Gasteiger partial charge in [-0.3, -0.25) is 0 Å². The van der Waals surface area contributed by atoms with Crippen LogP contribution in [-0.2, 0) is 0 Å². The first-order chi connectivity index (χ1) is 8.19. The average molecular weight is 245 g/mol. The molecule has 1 aliphatic carbocycles. The van der Waals surface area contributed by atoms with E-state index in [2.05, 4.69) is 44.2 Å². The van der Waals surface area contributed by atoms with E-state index in [0.717, 1.165) is 12.3 Å². The maximum absolute atomic E-state index is 9.21. The summed E-state index contributed by atoms with van der Waals surface area (Å²) in [5.74, 6) is 1.00. The SMILES string of the molecule is Cc1ccc(SC2CC(C)CCC2C#N)cc1. The van der Waals surface area contributed by atoms with Crippen molar-refractivity contribution in [2.45, 2.75) is 43.3 Å². The Morgan fingerprint density at radius 2 is 1.94 bits per heavy atom. The minimum Gasteiger partial charge on any atom is -0.198 e. The van der Waals surface area contributed by atoms with E-state index in [9.17, 15) is 5.26 Å². The van der Waals surface area contributed by atoms with Crippen LogP contribution in [0, 0.1) is 30.1 Å². The predicted octanol–water partition coefficient (Wildman–Crippen LogP) is 4.42. The summed E-state index contributed by atoms with van der Waals surface area (Å²) in [7, 11) is 0. The Morgan fingerprint density at radius 3 is 2.59 bits per heavy atom. The molecule has 0 radical (unpaired) electrons. The zero-order valence-electron chi connectivity index (χ0n) is 10.5. The van der Waals surface area contributed by atoms with Crippen LogP contribution < -0.4 is 0 Å². The molecule has 0 N–H and O–H groups in total. The van der Waals surface area contributed by atoms with Gasteiger partial charge in [0.1, 0.15) is 0 Å². The van der Waals surface area contributed by atoms with E-state index >= 15 is 0 Å². The van der Waals surface area contributed by atoms with E-state index in [0.29, 0.717) is 5.25 Å². The lowest BCUT2D eigenvalue weighted by Gasteiger charge is -2.30. The monoisotopic (exact) mass is 245 g/mol. The number of nitriles is 1. The summed E-state index contributed by atoms with van der Waals surface area (Å²) in [4.78, 5) is 1.30. The van der Waals surface area contributed by atoms with Crippen molar-refractivity contribution in [3.63, 3.8) is 0 Å². The van der Waals surface area contributed by atoms with Gasteiger partial charge in [0.15, 0.2) is 0 Å². The molecule has 0 saturated heterocycles. The molecule has 1 fully saturated rings. The Kier molecular flexibility index (Phi) is 4.12. The molecule has 1 nitrogen and oxygen atoms in total. The summed E-state index contributed by atoms with van der Waals surface area (Å²) in [6.07, 6.45) is 3.46. The molecule has 0 heterocycles. The molecule has 0 bridgehead atoms. The number of thioether (sulfide) groups is 1. The van der Waals surface area contributed by atoms with Gasteiger partial charge in [-0.2, -0.15) is 5.26 Å². The number of hydrogen-bond donors (Lipinski definition) is 0. The van der Waals surface area contributed by atoms with Crippen molar-refractivity contribution in [3.8, 4) is 6.07 Å². The molecule has 1 aromatic carbocycles. The van der Waals surface area contributed by atoms with E-state index in [1.54, 1.807) is 0 Å². The molecule has 1 aliphatic rings. The topological polar surface area (TPSA) is 23.8 Å². The molecule has 3 unspecified atom stereocenters. The van der Waals surface area contributed by atoms with Crippen LogP contribution in [0.15, 0.2) is 29.2 Å². The first-order valence-corrected chi connectivity index (χ1v) is 7.20. The molecule has 90 valence electrons. The fourth-order valence-electron chi connectivity index (χ4n) is 2.40. The van der Waals surface area contributed by atoms with Crippen LogP contribution in [0.1, 0.15) is 31.7 Å². The van der Waals surface area contributed by atoms with Gasteiger partial charge in [-0.25, -0.2) is 0 Å². The zero-order chi connectivity index (χ0) is 12.3. The van der Waals surface area contributed by atoms with E-state index in [1.807, 2.05) is 11.8 Å². The Balaban J connectivity index is 2.05. The van der Waals surface area contributed by atoms with Crippen molar-refractivity contribution in [2.24, 2.45) is 11.8 Å². The maximum atomic E-state index is 9.21. The molecular weight excluding hydrogens is 226 g/mol. The molecule has 17 heavy (non-hydrogen) atoms. The second kappa shape index (κ2) is 5.60. The Hall–Kier alpha value is -0.940. The lowest BCUT2D eigenvalue weighted by atomic mass is 9.83. The quantitative estimate of drug-likeness (QED) is 0.770. The lowest BCUT2D eigenvalue weighted by molar-refractivity contribution is 0.346. The van der Waals surface area contributed by atoms with Gasteiger partial charge >= 0.3 is 0 Å². The van der Waals surface area contributed by atoms with Crippen molar-refractivity contribution < 1.29 is 0 Å². The normalized spacial score (nSPS) is 28.6. The van der Waals surface area contributed by atoms with Crippen molar-refractivity contribution in [2.75, 3.05) is 0 Å². The van der Waals surface area contributed by atoms with E-state index in [1.165, 1.54) is 23.3 Å². The first-order valence-electron chi connectivity index (χ1n) is 6.32. The van der Waals surface area contributed by atoms with Crippen LogP contribution >= 0.6 is 11.8 Å². The average Bonchev–Trinajstić information content (AvgIpc) is 2.32. The molecule has 0 aromatic heterocycles. The van der Waals surface area contributed by atoms with Gasteiger partial charge in [-0.05, 0) is 44.2 Å². The van der Waals surface area contributed by atoms with Crippen LogP contribution in [0.4, 0.5) is 0 Å². The van der Waals surface area contributed by atoms with Gasteiger partial charge in [0.2, 0.25) is 0 Å². The number of nitrogens with zero attached hydrogens (tertiary/aromatic N) is 1. The third kappa shape index (κ3) is 3.26. The van der Waals surface area contributed by atoms with Crippen LogP contribution in [-0.4, -0.2) is 5.25 Å². The van der Waals surface area contributed by atoms with Crippen molar-refractivity contribution in [1.82, 2.24) is 0 Å². The predicted molar refractivity (Wildman–Crippen MR) is 72.9 cm³/mol. The van der Waals surface area contributed by atoms with E-state index in [4.69, 9.17) is 0 Å². The highest BCUT2D eigenvalue weighted by molar-refractivity contribution is 8.00. The highest BCUT2D eigenvalue weighted by Gasteiger charge is 2.29. The molecule has 2 heteroatoms. The summed E-state index contributed by atoms with van der Waals surface area (Å²) in [6.45, 7) is 4.41. The summed E-state index contributed by atoms with van der Waals surface area (Å²) >= 11 is 1.89. The van der Waals surface area contributed by atoms with Gasteiger partial charge in [0.05, 0.1) is 12.0 Å². The van der Waals surface area contributed by atoms with E-state index in [-0.39, 0.29) is 5.92 Å². The highest BCUT2D eigenvalue weighted by atomic mass is 32.2. The summed E-state index contributed by atoms with van der Waals surface area (Å²) in [5.41, 5.74) is 1.29. The molecule has 1 saturated carbocycles. The van der Waals surface area contributed by atoms with Gasteiger partial charge in [-0.1, -0.05) is 24.6 Å². The molecule has 0 aliphatic heterocycles. The third-order valence-corrected chi connectivity index (χ3v) is 4.90. The van der Waals surface area contributed by atoms with Crippen LogP contribution in [0.25, 0.3) is 0 Å². The Labute approximate surface area is 108 Å². The van der Waals surface area contributed by atoms with Crippen molar-refractivity contribution in [1.29, 1.82) is 5.26 Å². The number of aryl methyl sites for hydroxylation is 1. The van der Waals surface area contributed by atoms with Crippen LogP contribution in [0.3, 0.4) is 0 Å². The third-order valence-electron chi connectivity index (χ3n) is 3.53. The summed E-state index contributed by atoms with van der Waals surface area (Å²) < 4.78 is 0. The summed E-state index contributed by atoms with van der Waals surface area (Å²) in [6, 6.07) is 11.1. The number of benzene rings is 1. The Bertz CT molecular complexity index is 404. The molecular formula is C15H19NS. The lowest BCUT2D eigenvalue weighted by Crippen LogP contribution is -2.24. The molecule has 3 atom stereocenters. The van der Waals surface area contributed by atoms with Gasteiger partial charge in [-0.15, -0.1) is 11.8 Å². The number of hydrogen-bond acceptors (Lipinski definition) is 2. The van der Waals surface area contributed by atoms with Crippen LogP contribution in [0.5, 0.6) is 0 Å². The largest absolute Gasteiger partial charge is 0.198 e. The molecule has 0 spiro atoms. The Morgan fingerprint density at radius 1 is 1.24 bits per heavy atom. The molecule has 2 rings (SSSR count). The fraction of sp³-hybridized carbons (Fsp3) is 0.533. The van der Waals surface area contributed by atoms with Crippen molar-refractivity contribution in [3.05, 3.63) is 29.8 Å². The van der Waals surface area contributed by atoms with Gasteiger partial charge in [0.25, 0.3) is 0 Å². The van der Waals surface area contributed by atoms with Gasteiger partial charge in [0, 0.05) is 10.1 Å². The zero-order valence-corrected chi connectivity index (χ0v) is 11.3. The second-order valence-corrected chi connectivity index (χ2v) is 6.44. The smallest absolute Gasteiger partial charge is 0.0667 e. The standard InChI is InChI=1S/C15H19NS/c1-11-4-7-14(8-5-11)17-15-9-12(2)3-6-13(15)10-16/h4-5,7-8,12-13,15H,3,6,9H2,1-2H3. The highest BCUT2D eigenvalue weighted by Crippen LogP contribution is 2.39. The minimum atomic E-state index is 0.234.